The molecule has 1 aliphatic carbocycles. The number of amides is 2. The van der Waals surface area contributed by atoms with E-state index in [1.165, 1.54) is 0 Å². The predicted molar refractivity (Wildman–Crippen MR) is 110 cm³/mol. The molecule has 1 aliphatic heterocycles. The van der Waals surface area contributed by atoms with E-state index in [1.807, 2.05) is 36.4 Å². The molecule has 30 heavy (non-hydrogen) atoms. The van der Waals surface area contributed by atoms with Gasteiger partial charge in [0, 0.05) is 29.3 Å². The SMILES string of the molecule is CCC(=O)Nc1ccc2c(c1)-c1c(c(C(N)=O)nn1-c1ccc3c(c1)OCO3)CC2. The monoisotopic (exact) mass is 404 g/mol. The number of benzene rings is 2. The number of primary amides is 1. The zero-order valence-electron chi connectivity index (χ0n) is 16.4. The van der Waals surface area contributed by atoms with Crippen molar-refractivity contribution in [2.24, 2.45) is 5.73 Å². The van der Waals surface area contributed by atoms with Gasteiger partial charge in [-0.15, -0.1) is 0 Å². The molecule has 2 aliphatic rings. The Labute approximate surface area is 172 Å². The summed E-state index contributed by atoms with van der Waals surface area (Å²) in [4.78, 5) is 24.0. The Morgan fingerprint density at radius 3 is 2.77 bits per heavy atom. The standard InChI is InChI=1S/C22H20N4O4/c1-2-19(27)24-13-5-3-12-4-7-15-20(22(23)28)25-26(21(15)16(12)9-13)14-6-8-17-18(10-14)30-11-29-17/h3,5-6,8-10H,2,4,7,11H2,1H3,(H2,23,28)(H,24,27). The summed E-state index contributed by atoms with van der Waals surface area (Å²) < 4.78 is 12.6. The summed E-state index contributed by atoms with van der Waals surface area (Å²) in [6.07, 6.45) is 1.81. The fraction of sp³-hybridized carbons (Fsp3) is 0.227. The van der Waals surface area contributed by atoms with Crippen LogP contribution in [0.25, 0.3) is 16.9 Å². The van der Waals surface area contributed by atoms with Crippen LogP contribution in [-0.2, 0) is 17.6 Å². The van der Waals surface area contributed by atoms with E-state index in [0.29, 0.717) is 30.0 Å². The normalized spacial score (nSPS) is 13.5. The van der Waals surface area contributed by atoms with E-state index in [9.17, 15) is 9.59 Å². The quantitative estimate of drug-likeness (QED) is 0.695. The van der Waals surface area contributed by atoms with Crippen molar-refractivity contribution in [1.29, 1.82) is 0 Å². The van der Waals surface area contributed by atoms with Crippen LogP contribution in [0, 0.1) is 0 Å². The maximum absolute atomic E-state index is 12.1. The van der Waals surface area contributed by atoms with Gasteiger partial charge in [0.1, 0.15) is 0 Å². The minimum atomic E-state index is -0.565. The van der Waals surface area contributed by atoms with E-state index in [2.05, 4.69) is 10.4 Å². The first-order valence-corrected chi connectivity index (χ1v) is 9.80. The van der Waals surface area contributed by atoms with Gasteiger partial charge in [-0.2, -0.15) is 5.10 Å². The maximum Gasteiger partial charge on any atom is 0.269 e. The number of nitrogens with zero attached hydrogens (tertiary/aromatic N) is 2. The second-order valence-corrected chi connectivity index (χ2v) is 7.26. The molecule has 2 heterocycles. The average molecular weight is 404 g/mol. The lowest BCUT2D eigenvalue weighted by molar-refractivity contribution is -0.115. The van der Waals surface area contributed by atoms with Crippen LogP contribution in [0.5, 0.6) is 11.5 Å². The van der Waals surface area contributed by atoms with Gasteiger partial charge in [-0.1, -0.05) is 13.0 Å². The molecule has 0 bridgehead atoms. The van der Waals surface area contributed by atoms with E-state index < -0.39 is 5.91 Å². The molecule has 8 nitrogen and oxygen atoms in total. The third kappa shape index (κ3) is 2.88. The highest BCUT2D eigenvalue weighted by molar-refractivity contribution is 5.96. The van der Waals surface area contributed by atoms with E-state index >= 15 is 0 Å². The number of aromatic nitrogens is 2. The Morgan fingerprint density at radius 1 is 1.13 bits per heavy atom. The van der Waals surface area contributed by atoms with Crippen LogP contribution >= 0.6 is 0 Å². The Morgan fingerprint density at radius 2 is 1.97 bits per heavy atom. The van der Waals surface area contributed by atoms with Crippen molar-refractivity contribution >= 4 is 17.5 Å². The summed E-state index contributed by atoms with van der Waals surface area (Å²) in [6.45, 7) is 1.98. The van der Waals surface area contributed by atoms with Gasteiger partial charge >= 0.3 is 0 Å². The van der Waals surface area contributed by atoms with Crippen LogP contribution in [0.4, 0.5) is 5.69 Å². The number of fused-ring (bicyclic) bond motifs is 4. The van der Waals surface area contributed by atoms with Crippen LogP contribution in [0.3, 0.4) is 0 Å². The molecular weight excluding hydrogens is 384 g/mol. The number of hydrogen-bond acceptors (Lipinski definition) is 5. The smallest absolute Gasteiger partial charge is 0.269 e. The van der Waals surface area contributed by atoms with Gasteiger partial charge in [0.25, 0.3) is 5.91 Å². The molecule has 8 heteroatoms. The molecule has 152 valence electrons. The highest BCUT2D eigenvalue weighted by atomic mass is 16.7. The van der Waals surface area contributed by atoms with Gasteiger partial charge in [0.2, 0.25) is 12.7 Å². The molecule has 1 aromatic heterocycles. The second kappa shape index (κ2) is 6.91. The number of hydrogen-bond donors (Lipinski definition) is 2. The van der Waals surface area contributed by atoms with Crippen molar-refractivity contribution in [2.75, 3.05) is 12.1 Å². The number of carbonyl (C=O) groups excluding carboxylic acids is 2. The fourth-order valence-electron chi connectivity index (χ4n) is 3.97. The summed E-state index contributed by atoms with van der Waals surface area (Å²) in [5, 5.41) is 7.45. The molecule has 2 amide bonds. The summed E-state index contributed by atoms with van der Waals surface area (Å²) in [5.74, 6) is 0.662. The Bertz CT molecular complexity index is 1200. The largest absolute Gasteiger partial charge is 0.454 e. The van der Waals surface area contributed by atoms with Crippen LogP contribution in [-0.4, -0.2) is 28.4 Å². The molecular formula is C22H20N4O4. The second-order valence-electron chi connectivity index (χ2n) is 7.26. The van der Waals surface area contributed by atoms with Crippen molar-refractivity contribution in [2.45, 2.75) is 26.2 Å². The fourth-order valence-corrected chi connectivity index (χ4v) is 3.97. The molecule has 0 saturated carbocycles. The molecule has 0 atom stereocenters. The average Bonchev–Trinajstić information content (AvgIpc) is 3.37. The number of ether oxygens (including phenoxy) is 2. The van der Waals surface area contributed by atoms with Gasteiger partial charge in [0.05, 0.1) is 11.4 Å². The zero-order chi connectivity index (χ0) is 20.8. The number of carbonyl (C=O) groups is 2. The van der Waals surface area contributed by atoms with Crippen LogP contribution in [0.15, 0.2) is 36.4 Å². The third-order valence-electron chi connectivity index (χ3n) is 5.43. The molecule has 0 unspecified atom stereocenters. The minimum absolute atomic E-state index is 0.0620. The van der Waals surface area contributed by atoms with Crippen LogP contribution in [0.2, 0.25) is 0 Å². The number of anilines is 1. The van der Waals surface area contributed by atoms with Gasteiger partial charge in [-0.25, -0.2) is 4.68 Å². The number of nitrogens with one attached hydrogen (secondary N) is 1. The molecule has 3 aromatic rings. The zero-order valence-corrected chi connectivity index (χ0v) is 16.4. The molecule has 2 aromatic carbocycles. The van der Waals surface area contributed by atoms with Gasteiger partial charge in [-0.3, -0.25) is 9.59 Å². The molecule has 5 rings (SSSR count). The van der Waals surface area contributed by atoms with E-state index in [-0.39, 0.29) is 18.4 Å². The highest BCUT2D eigenvalue weighted by Gasteiger charge is 2.29. The molecule has 0 radical (unpaired) electrons. The van der Waals surface area contributed by atoms with Crippen molar-refractivity contribution in [3.63, 3.8) is 0 Å². The van der Waals surface area contributed by atoms with Crippen LogP contribution < -0.4 is 20.5 Å². The first kappa shape index (κ1) is 18.2. The molecule has 3 N–H and O–H groups in total. The van der Waals surface area contributed by atoms with Crippen molar-refractivity contribution in [3.05, 3.63) is 53.2 Å². The third-order valence-corrected chi connectivity index (χ3v) is 5.43. The summed E-state index contributed by atoms with van der Waals surface area (Å²) in [6, 6.07) is 11.3. The van der Waals surface area contributed by atoms with Crippen molar-refractivity contribution in [3.8, 4) is 28.4 Å². The first-order valence-electron chi connectivity index (χ1n) is 9.80. The minimum Gasteiger partial charge on any atom is -0.454 e. The Balaban J connectivity index is 1.69. The maximum atomic E-state index is 12.1. The molecule has 0 spiro atoms. The van der Waals surface area contributed by atoms with Gasteiger partial charge in [-0.05, 0) is 42.7 Å². The van der Waals surface area contributed by atoms with Crippen LogP contribution in [0.1, 0.15) is 35.0 Å². The molecule has 0 saturated heterocycles. The lowest BCUT2D eigenvalue weighted by Gasteiger charge is -2.20. The van der Waals surface area contributed by atoms with E-state index in [0.717, 1.165) is 34.5 Å². The van der Waals surface area contributed by atoms with Crippen molar-refractivity contribution in [1.82, 2.24) is 9.78 Å². The first-order chi connectivity index (χ1) is 14.5. The summed E-state index contributed by atoms with van der Waals surface area (Å²) in [7, 11) is 0. The molecule has 0 fully saturated rings. The highest BCUT2D eigenvalue weighted by Crippen LogP contribution is 2.40. The van der Waals surface area contributed by atoms with Gasteiger partial charge < -0.3 is 20.5 Å². The van der Waals surface area contributed by atoms with E-state index in [4.69, 9.17) is 15.2 Å². The number of rotatable bonds is 4. The summed E-state index contributed by atoms with van der Waals surface area (Å²) >= 11 is 0. The Kier molecular flexibility index (Phi) is 4.20. The number of aryl methyl sites for hydroxylation is 1. The lowest BCUT2D eigenvalue weighted by Crippen LogP contribution is -2.15. The van der Waals surface area contributed by atoms with Gasteiger partial charge in [0.15, 0.2) is 17.2 Å². The topological polar surface area (TPSA) is 108 Å². The number of nitrogens with two attached hydrogens (primary N) is 1. The van der Waals surface area contributed by atoms with Crippen molar-refractivity contribution < 1.29 is 19.1 Å². The van der Waals surface area contributed by atoms with E-state index in [1.54, 1.807) is 11.6 Å². The predicted octanol–water partition coefficient (Wildman–Crippen LogP) is 2.81. The lowest BCUT2D eigenvalue weighted by atomic mass is 9.88. The summed E-state index contributed by atoms with van der Waals surface area (Å²) in [5.41, 5.74) is 11.0. The Hall–Kier alpha value is -3.81.